The summed E-state index contributed by atoms with van der Waals surface area (Å²) < 4.78 is 2.27. The van der Waals surface area contributed by atoms with Crippen LogP contribution in [-0.2, 0) is 5.41 Å². The molecule has 0 N–H and O–H groups in total. The fourth-order valence-electron chi connectivity index (χ4n) is 7.21. The van der Waals surface area contributed by atoms with Crippen molar-refractivity contribution >= 4 is 32.6 Å². The maximum Gasteiger partial charge on any atom is 0.238 e. The quantitative estimate of drug-likeness (QED) is 0.214. The Morgan fingerprint density at radius 1 is 0.545 bits per heavy atom. The molecule has 8 aromatic rings. The van der Waals surface area contributed by atoms with Crippen molar-refractivity contribution in [3.63, 3.8) is 0 Å². The van der Waals surface area contributed by atoms with Gasteiger partial charge in [0.25, 0.3) is 0 Å². The Bertz CT molecular complexity index is 2350. The molecule has 0 saturated heterocycles. The summed E-state index contributed by atoms with van der Waals surface area (Å²) in [6.07, 6.45) is 3.86. The first kappa shape index (κ1) is 24.9. The molecule has 0 fully saturated rings. The number of rotatable bonds is 3. The van der Waals surface area contributed by atoms with Crippen molar-refractivity contribution in [3.8, 4) is 39.9 Å². The number of nitrogens with zero attached hydrogens (tertiary/aromatic N) is 5. The van der Waals surface area contributed by atoms with Crippen LogP contribution in [0.1, 0.15) is 25.0 Å². The molecule has 44 heavy (non-hydrogen) atoms. The summed E-state index contributed by atoms with van der Waals surface area (Å²) in [7, 11) is 0. The zero-order chi connectivity index (χ0) is 29.4. The number of benzene rings is 5. The third-order valence-electron chi connectivity index (χ3n) is 9.08. The minimum absolute atomic E-state index is 0.283. The molecule has 0 amide bonds. The predicted octanol–water partition coefficient (Wildman–Crippen LogP) is 9.16. The number of hydrogen-bond donors (Lipinski definition) is 0. The largest absolute Gasteiger partial charge is 0.277 e. The maximum atomic E-state index is 5.18. The molecule has 0 radical (unpaired) electrons. The van der Waals surface area contributed by atoms with Gasteiger partial charge in [0.15, 0.2) is 11.6 Å². The summed E-state index contributed by atoms with van der Waals surface area (Å²) in [6, 6.07) is 40.1. The lowest BCUT2D eigenvalue weighted by atomic mass is 9.79. The first-order chi connectivity index (χ1) is 21.6. The summed E-state index contributed by atoms with van der Waals surface area (Å²) in [5.74, 6) is 1.90. The molecule has 5 aromatic carbocycles. The van der Waals surface area contributed by atoms with Gasteiger partial charge in [0, 0.05) is 45.1 Å². The second-order valence-corrected chi connectivity index (χ2v) is 12.0. The Kier molecular flexibility index (Phi) is 5.18. The van der Waals surface area contributed by atoms with Gasteiger partial charge in [-0.15, -0.1) is 0 Å². The van der Waals surface area contributed by atoms with Crippen LogP contribution in [0.5, 0.6) is 0 Å². The van der Waals surface area contributed by atoms with Gasteiger partial charge >= 0.3 is 0 Å². The van der Waals surface area contributed by atoms with E-state index in [9.17, 15) is 0 Å². The van der Waals surface area contributed by atoms with Gasteiger partial charge in [-0.2, -0.15) is 9.97 Å². The third kappa shape index (κ3) is 3.47. The van der Waals surface area contributed by atoms with E-state index in [4.69, 9.17) is 15.0 Å². The van der Waals surface area contributed by atoms with Gasteiger partial charge in [-0.05, 0) is 39.8 Å². The molecule has 3 heterocycles. The van der Waals surface area contributed by atoms with Gasteiger partial charge in [0.2, 0.25) is 5.95 Å². The summed E-state index contributed by atoms with van der Waals surface area (Å²) in [5, 5.41) is 4.76. The summed E-state index contributed by atoms with van der Waals surface area (Å²) in [6.45, 7) is 4.69. The van der Waals surface area contributed by atoms with E-state index in [0.717, 1.165) is 27.5 Å². The van der Waals surface area contributed by atoms with Gasteiger partial charge in [-0.25, -0.2) is 4.98 Å². The molecule has 0 unspecified atom stereocenters. The number of para-hydroxylation sites is 1. The normalized spacial score (nSPS) is 13.4. The van der Waals surface area contributed by atoms with Crippen molar-refractivity contribution in [2.75, 3.05) is 0 Å². The van der Waals surface area contributed by atoms with Crippen molar-refractivity contribution in [3.05, 3.63) is 139 Å². The Hall–Kier alpha value is -5.68. The molecule has 5 heteroatoms. The second-order valence-electron chi connectivity index (χ2n) is 12.0. The zero-order valence-corrected chi connectivity index (χ0v) is 24.4. The molecule has 0 spiro atoms. The molecule has 3 aromatic heterocycles. The highest BCUT2D eigenvalue weighted by Crippen LogP contribution is 2.54. The van der Waals surface area contributed by atoms with Crippen LogP contribution in [0, 0.1) is 0 Å². The minimum Gasteiger partial charge on any atom is -0.277 e. The molecule has 1 aliphatic carbocycles. The monoisotopic (exact) mass is 565 g/mol. The van der Waals surface area contributed by atoms with E-state index < -0.39 is 0 Å². The number of hydrogen-bond acceptors (Lipinski definition) is 4. The first-order valence-corrected chi connectivity index (χ1v) is 14.9. The Morgan fingerprint density at radius 2 is 1.18 bits per heavy atom. The van der Waals surface area contributed by atoms with Crippen LogP contribution >= 0.6 is 0 Å². The predicted molar refractivity (Wildman–Crippen MR) is 178 cm³/mol. The van der Waals surface area contributed by atoms with Crippen LogP contribution in [-0.4, -0.2) is 24.5 Å². The van der Waals surface area contributed by atoms with E-state index in [2.05, 4.69) is 102 Å². The smallest absolute Gasteiger partial charge is 0.238 e. The molecule has 208 valence electrons. The SMILES string of the molecule is CC1(C)c2c(ccc3cnccc23)-c2ccc3c4ccccc4n(-c4nc(-c5ccccc5)nc(-c5ccccc5)n4)c3c21. The van der Waals surface area contributed by atoms with E-state index in [-0.39, 0.29) is 5.41 Å². The summed E-state index contributed by atoms with van der Waals surface area (Å²) in [4.78, 5) is 19.7. The van der Waals surface area contributed by atoms with Crippen LogP contribution in [0.2, 0.25) is 0 Å². The highest BCUT2D eigenvalue weighted by atomic mass is 15.2. The minimum atomic E-state index is -0.283. The second kappa shape index (κ2) is 9.16. The van der Waals surface area contributed by atoms with Crippen LogP contribution in [0.25, 0.3) is 72.4 Å². The lowest BCUT2D eigenvalue weighted by Crippen LogP contribution is -2.17. The van der Waals surface area contributed by atoms with E-state index >= 15 is 0 Å². The van der Waals surface area contributed by atoms with E-state index in [1.165, 1.54) is 38.4 Å². The van der Waals surface area contributed by atoms with Crippen molar-refractivity contribution in [2.24, 2.45) is 0 Å². The van der Waals surface area contributed by atoms with Crippen LogP contribution in [0.3, 0.4) is 0 Å². The van der Waals surface area contributed by atoms with Gasteiger partial charge < -0.3 is 0 Å². The molecule has 9 rings (SSSR count). The number of pyridine rings is 1. The highest BCUT2D eigenvalue weighted by Gasteiger charge is 2.40. The van der Waals surface area contributed by atoms with Crippen molar-refractivity contribution in [1.29, 1.82) is 0 Å². The van der Waals surface area contributed by atoms with E-state index in [0.29, 0.717) is 17.6 Å². The first-order valence-electron chi connectivity index (χ1n) is 14.9. The molecule has 0 atom stereocenters. The lowest BCUT2D eigenvalue weighted by molar-refractivity contribution is 0.669. The van der Waals surface area contributed by atoms with Crippen molar-refractivity contribution in [1.82, 2.24) is 24.5 Å². The Labute approximate surface area is 254 Å². The molecule has 0 aliphatic heterocycles. The average molecular weight is 566 g/mol. The fraction of sp³-hybridized carbons (Fsp3) is 0.0769. The number of fused-ring (bicyclic) bond motifs is 9. The standard InChI is InChI=1S/C39H27N5/c1-39(2)33-27-21-22-40-23-26(27)17-18-29(33)30-19-20-31-28-15-9-10-16-32(28)44(35(31)34(30)39)38-42-36(24-11-5-3-6-12-24)41-37(43-38)25-13-7-4-8-14-25/h3-23H,1-2H3. The molecule has 5 nitrogen and oxygen atoms in total. The van der Waals surface area contributed by atoms with Gasteiger partial charge in [0.05, 0.1) is 11.0 Å². The van der Waals surface area contributed by atoms with E-state index in [1.807, 2.05) is 48.8 Å². The fourth-order valence-corrected chi connectivity index (χ4v) is 7.21. The highest BCUT2D eigenvalue weighted by molar-refractivity contribution is 6.13. The van der Waals surface area contributed by atoms with Crippen molar-refractivity contribution in [2.45, 2.75) is 19.3 Å². The zero-order valence-electron chi connectivity index (χ0n) is 24.4. The van der Waals surface area contributed by atoms with E-state index in [1.54, 1.807) is 0 Å². The van der Waals surface area contributed by atoms with Gasteiger partial charge in [0.1, 0.15) is 0 Å². The lowest BCUT2D eigenvalue weighted by Gasteiger charge is -2.24. The molecule has 0 bridgehead atoms. The molecule has 0 saturated carbocycles. The topological polar surface area (TPSA) is 56.5 Å². The van der Waals surface area contributed by atoms with Crippen LogP contribution in [0.15, 0.2) is 128 Å². The van der Waals surface area contributed by atoms with Gasteiger partial charge in [-0.3, -0.25) is 9.55 Å². The summed E-state index contributed by atoms with van der Waals surface area (Å²) >= 11 is 0. The molecular formula is C39H27N5. The van der Waals surface area contributed by atoms with Gasteiger partial charge in [-0.1, -0.05) is 117 Å². The Morgan fingerprint density at radius 3 is 1.91 bits per heavy atom. The van der Waals surface area contributed by atoms with Crippen LogP contribution < -0.4 is 0 Å². The third-order valence-corrected chi connectivity index (χ3v) is 9.08. The van der Waals surface area contributed by atoms with Crippen LogP contribution in [0.4, 0.5) is 0 Å². The average Bonchev–Trinajstić information content (AvgIpc) is 3.54. The number of aromatic nitrogens is 5. The molecule has 1 aliphatic rings. The maximum absolute atomic E-state index is 5.18. The summed E-state index contributed by atoms with van der Waals surface area (Å²) in [5.41, 5.74) is 8.97. The Balaban J connectivity index is 1.41. The van der Waals surface area contributed by atoms with Crippen molar-refractivity contribution < 1.29 is 0 Å². The molecular weight excluding hydrogens is 538 g/mol.